The quantitative estimate of drug-likeness (QED) is 0.716. The number of aliphatic hydroxyl groups excluding tert-OH is 1. The Morgan fingerprint density at radius 3 is 2.69 bits per heavy atom. The first-order valence-electron chi connectivity index (χ1n) is 4.35. The van der Waals surface area contributed by atoms with Crippen molar-refractivity contribution in [3.63, 3.8) is 0 Å². The van der Waals surface area contributed by atoms with E-state index in [9.17, 15) is 5.11 Å². The summed E-state index contributed by atoms with van der Waals surface area (Å²) in [7, 11) is 0. The molecule has 0 bridgehead atoms. The largest absolute Gasteiger partial charge is 0.395 e. The molecule has 1 heterocycles. The molecule has 0 amide bonds. The summed E-state index contributed by atoms with van der Waals surface area (Å²) in [5.41, 5.74) is 7.34. The van der Waals surface area contributed by atoms with Crippen LogP contribution in [0.25, 0.3) is 0 Å². The van der Waals surface area contributed by atoms with Crippen LogP contribution in [0.5, 0.6) is 0 Å². The van der Waals surface area contributed by atoms with Crippen LogP contribution >= 0.6 is 0 Å². The van der Waals surface area contributed by atoms with Crippen LogP contribution in [0, 0.1) is 6.92 Å². The third-order valence-electron chi connectivity index (χ3n) is 2.37. The Bertz CT molecular complexity index is 282. The molecule has 1 atom stereocenters. The smallest absolute Gasteiger partial charge is 0.0538 e. The van der Waals surface area contributed by atoms with Crippen molar-refractivity contribution in [3.8, 4) is 0 Å². The van der Waals surface area contributed by atoms with Crippen LogP contribution in [0.1, 0.15) is 18.1 Å². The Hall–Kier alpha value is -0.930. The minimum atomic E-state index is -0.362. The van der Waals surface area contributed by atoms with Gasteiger partial charge in [0.05, 0.1) is 6.61 Å². The molecule has 0 aliphatic heterocycles. The lowest BCUT2D eigenvalue weighted by Gasteiger charge is -2.25. The van der Waals surface area contributed by atoms with Gasteiger partial charge in [-0.1, -0.05) is 13.0 Å². The molecule has 3 nitrogen and oxygen atoms in total. The van der Waals surface area contributed by atoms with E-state index in [1.807, 2.05) is 19.9 Å². The monoisotopic (exact) mass is 180 g/mol. The summed E-state index contributed by atoms with van der Waals surface area (Å²) in [4.78, 5) is 4.08. The van der Waals surface area contributed by atoms with Crippen LogP contribution < -0.4 is 5.73 Å². The van der Waals surface area contributed by atoms with Gasteiger partial charge in [0.25, 0.3) is 0 Å². The van der Waals surface area contributed by atoms with Gasteiger partial charge < -0.3 is 10.8 Å². The first-order chi connectivity index (χ1) is 6.12. The Morgan fingerprint density at radius 2 is 2.23 bits per heavy atom. The number of nitrogens with two attached hydrogens (primary N) is 1. The fraction of sp³-hybridized carbons (Fsp3) is 0.500. The average Bonchev–Trinajstić information content (AvgIpc) is 2.17. The van der Waals surface area contributed by atoms with Gasteiger partial charge in [-0.2, -0.15) is 0 Å². The fourth-order valence-corrected chi connectivity index (χ4v) is 1.16. The average molecular weight is 180 g/mol. The second kappa shape index (κ2) is 3.85. The lowest BCUT2D eigenvalue weighted by atomic mass is 9.84. The Kier molecular flexibility index (Phi) is 3.01. The second-order valence-corrected chi connectivity index (χ2v) is 3.67. The summed E-state index contributed by atoms with van der Waals surface area (Å²) in [6, 6.07) is 2.01. The molecule has 0 aliphatic rings. The molecule has 0 aliphatic carbocycles. The van der Waals surface area contributed by atoms with E-state index in [1.165, 1.54) is 0 Å². The maximum absolute atomic E-state index is 9.22. The molecular weight excluding hydrogens is 164 g/mol. The molecule has 0 radical (unpaired) electrons. The summed E-state index contributed by atoms with van der Waals surface area (Å²) in [6.07, 6.45) is 3.55. The minimum absolute atomic E-state index is 0.0502. The number of hydrogen-bond donors (Lipinski definition) is 2. The van der Waals surface area contributed by atoms with Gasteiger partial charge >= 0.3 is 0 Å². The molecule has 1 aromatic rings. The van der Waals surface area contributed by atoms with Crippen molar-refractivity contribution < 1.29 is 5.11 Å². The van der Waals surface area contributed by atoms with Crippen LogP contribution in [0.2, 0.25) is 0 Å². The molecule has 0 saturated carbocycles. The fourth-order valence-electron chi connectivity index (χ4n) is 1.16. The lowest BCUT2D eigenvalue weighted by molar-refractivity contribution is 0.210. The molecule has 0 spiro atoms. The van der Waals surface area contributed by atoms with Crippen molar-refractivity contribution >= 4 is 0 Å². The van der Waals surface area contributed by atoms with Gasteiger partial charge in [0, 0.05) is 24.4 Å². The summed E-state index contributed by atoms with van der Waals surface area (Å²) < 4.78 is 0. The normalized spacial score (nSPS) is 15.4. The van der Waals surface area contributed by atoms with E-state index in [2.05, 4.69) is 4.98 Å². The van der Waals surface area contributed by atoms with Crippen LogP contribution in [-0.4, -0.2) is 23.2 Å². The highest BCUT2D eigenvalue weighted by atomic mass is 16.3. The Labute approximate surface area is 78.6 Å². The number of hydrogen-bond acceptors (Lipinski definition) is 3. The number of aliphatic hydroxyl groups is 1. The molecule has 72 valence electrons. The van der Waals surface area contributed by atoms with Gasteiger partial charge in [0.15, 0.2) is 0 Å². The predicted molar refractivity (Wildman–Crippen MR) is 52.5 cm³/mol. The summed E-state index contributed by atoms with van der Waals surface area (Å²) >= 11 is 0. The molecule has 1 aromatic heterocycles. The highest BCUT2D eigenvalue weighted by Crippen LogP contribution is 2.21. The topological polar surface area (TPSA) is 59.1 Å². The van der Waals surface area contributed by atoms with Crippen molar-refractivity contribution in [3.05, 3.63) is 29.6 Å². The first-order valence-corrected chi connectivity index (χ1v) is 4.35. The van der Waals surface area contributed by atoms with E-state index in [0.29, 0.717) is 6.54 Å². The van der Waals surface area contributed by atoms with E-state index in [0.717, 1.165) is 11.1 Å². The van der Waals surface area contributed by atoms with Gasteiger partial charge in [0.1, 0.15) is 0 Å². The molecule has 0 aromatic carbocycles. The summed E-state index contributed by atoms with van der Waals surface area (Å²) in [6.45, 7) is 4.39. The van der Waals surface area contributed by atoms with E-state index in [4.69, 9.17) is 5.73 Å². The number of pyridine rings is 1. The van der Waals surface area contributed by atoms with Gasteiger partial charge in [-0.3, -0.25) is 4.98 Å². The third-order valence-corrected chi connectivity index (χ3v) is 2.37. The van der Waals surface area contributed by atoms with Crippen molar-refractivity contribution in [2.24, 2.45) is 5.73 Å². The van der Waals surface area contributed by atoms with Crippen molar-refractivity contribution in [1.82, 2.24) is 4.98 Å². The maximum Gasteiger partial charge on any atom is 0.0538 e. The number of aryl methyl sites for hydroxylation is 1. The minimum Gasteiger partial charge on any atom is -0.395 e. The van der Waals surface area contributed by atoms with Crippen LogP contribution in [0.15, 0.2) is 18.5 Å². The predicted octanol–water partition coefficient (Wildman–Crippen LogP) is 0.599. The molecule has 1 rings (SSSR count). The third kappa shape index (κ3) is 2.05. The van der Waals surface area contributed by atoms with E-state index in [1.54, 1.807) is 12.4 Å². The zero-order valence-electron chi connectivity index (χ0n) is 8.12. The maximum atomic E-state index is 9.22. The molecule has 3 heteroatoms. The van der Waals surface area contributed by atoms with Gasteiger partial charge in [-0.05, 0) is 18.1 Å². The second-order valence-electron chi connectivity index (χ2n) is 3.67. The van der Waals surface area contributed by atoms with Crippen LogP contribution in [0.4, 0.5) is 0 Å². The molecule has 1 unspecified atom stereocenters. The van der Waals surface area contributed by atoms with Crippen molar-refractivity contribution in [2.75, 3.05) is 13.2 Å². The molecular formula is C10H16N2O. The Balaban J connectivity index is 3.05. The summed E-state index contributed by atoms with van der Waals surface area (Å²) in [5.74, 6) is 0. The zero-order chi connectivity index (χ0) is 9.90. The zero-order valence-corrected chi connectivity index (χ0v) is 8.12. The lowest BCUT2D eigenvalue weighted by Crippen LogP contribution is -2.35. The number of nitrogens with zero attached hydrogens (tertiary/aromatic N) is 1. The SMILES string of the molecule is Cc1cncc(C(C)(CN)CO)c1. The summed E-state index contributed by atoms with van der Waals surface area (Å²) in [5, 5.41) is 9.22. The highest BCUT2D eigenvalue weighted by molar-refractivity contribution is 5.25. The molecule has 13 heavy (non-hydrogen) atoms. The standard InChI is InChI=1S/C10H16N2O/c1-8-3-9(5-12-4-8)10(2,6-11)7-13/h3-5,13H,6-7,11H2,1-2H3. The first kappa shape index (κ1) is 10.2. The van der Waals surface area contributed by atoms with Crippen LogP contribution in [0.3, 0.4) is 0 Å². The van der Waals surface area contributed by atoms with Gasteiger partial charge in [0.2, 0.25) is 0 Å². The molecule has 0 saturated heterocycles. The molecule has 0 fully saturated rings. The van der Waals surface area contributed by atoms with E-state index >= 15 is 0 Å². The van der Waals surface area contributed by atoms with Crippen molar-refractivity contribution in [1.29, 1.82) is 0 Å². The van der Waals surface area contributed by atoms with Crippen LogP contribution in [-0.2, 0) is 5.41 Å². The van der Waals surface area contributed by atoms with E-state index < -0.39 is 0 Å². The van der Waals surface area contributed by atoms with Crippen molar-refractivity contribution in [2.45, 2.75) is 19.3 Å². The highest BCUT2D eigenvalue weighted by Gasteiger charge is 2.24. The van der Waals surface area contributed by atoms with Gasteiger partial charge in [-0.15, -0.1) is 0 Å². The molecule has 3 N–H and O–H groups in total. The Morgan fingerprint density at radius 1 is 1.54 bits per heavy atom. The number of rotatable bonds is 3. The van der Waals surface area contributed by atoms with Gasteiger partial charge in [-0.25, -0.2) is 0 Å². The van der Waals surface area contributed by atoms with E-state index in [-0.39, 0.29) is 12.0 Å². The number of aromatic nitrogens is 1.